The molecule has 2 heteroatoms. The van der Waals surface area contributed by atoms with Crippen LogP contribution in [-0.2, 0) is 20.0 Å². The third-order valence-corrected chi connectivity index (χ3v) is 9.72. The third kappa shape index (κ3) is 24.6. The molecule has 0 aliphatic rings. The van der Waals surface area contributed by atoms with Crippen LogP contribution in [0.3, 0.4) is 0 Å². The van der Waals surface area contributed by atoms with Crippen molar-refractivity contribution in [1.29, 1.82) is 0 Å². The molecule has 1 aromatic heterocycles. The predicted octanol–water partition coefficient (Wildman–Crippen LogP) is 13.4. The molecule has 0 saturated carbocycles. The summed E-state index contributed by atoms with van der Waals surface area (Å²) in [5.74, 6) is 1.54. The van der Waals surface area contributed by atoms with Crippen molar-refractivity contribution >= 4 is 0 Å². The van der Waals surface area contributed by atoms with Crippen molar-refractivity contribution in [2.45, 2.75) is 232 Å². The number of nitrogens with zero attached hydrogens (tertiary/aromatic N) is 2. The minimum absolute atomic E-state index is 1.22. The number of aryl methyl sites for hydroxylation is 2. The normalized spacial score (nSPS) is 11.6. The van der Waals surface area contributed by atoms with E-state index < -0.39 is 0 Å². The van der Waals surface area contributed by atoms with Crippen molar-refractivity contribution in [3.63, 3.8) is 0 Å². The summed E-state index contributed by atoms with van der Waals surface area (Å²) in [7, 11) is 2.24. The zero-order valence-electron chi connectivity index (χ0n) is 29.6. The minimum Gasteiger partial charge on any atom is -0.237 e. The van der Waals surface area contributed by atoms with Crippen LogP contribution < -0.4 is 4.57 Å². The first-order chi connectivity index (χ1) is 20.8. The highest BCUT2D eigenvalue weighted by Crippen LogP contribution is 2.16. The smallest absolute Gasteiger partial charge is 0.237 e. The van der Waals surface area contributed by atoms with Gasteiger partial charge in [-0.15, -0.1) is 0 Å². The Morgan fingerprint density at radius 1 is 0.405 bits per heavy atom. The van der Waals surface area contributed by atoms with Gasteiger partial charge < -0.3 is 0 Å². The summed E-state index contributed by atoms with van der Waals surface area (Å²) in [5.41, 5.74) is 0. The molecule has 1 heterocycles. The standard InChI is InChI=1S/C40H79N2/c1-4-6-8-10-12-14-16-18-20-21-23-25-27-29-31-33-35-37-42-39-38-41(3)40(42)36-34-32-30-28-26-24-22-19-17-15-13-11-9-7-5-2/h38-39H,4-37H2,1-3H3/q+1. The van der Waals surface area contributed by atoms with Crippen LogP contribution in [0.25, 0.3) is 0 Å². The molecule has 1 aromatic rings. The summed E-state index contributed by atoms with van der Waals surface area (Å²) in [6, 6.07) is 0. The van der Waals surface area contributed by atoms with Gasteiger partial charge in [-0.1, -0.05) is 200 Å². The van der Waals surface area contributed by atoms with E-state index >= 15 is 0 Å². The first-order valence-electron chi connectivity index (χ1n) is 19.8. The lowest BCUT2D eigenvalue weighted by atomic mass is 10.0. The first kappa shape index (κ1) is 39.2. The molecule has 0 amide bonds. The van der Waals surface area contributed by atoms with Crippen LogP contribution in [0.5, 0.6) is 0 Å². The summed E-state index contributed by atoms with van der Waals surface area (Å²) in [4.78, 5) is 0. The number of unbranched alkanes of at least 4 members (excludes halogenated alkanes) is 30. The molecule has 248 valence electrons. The summed E-state index contributed by atoms with van der Waals surface area (Å²) in [5, 5.41) is 0. The van der Waals surface area contributed by atoms with Gasteiger partial charge in [-0.2, -0.15) is 0 Å². The van der Waals surface area contributed by atoms with E-state index in [0.29, 0.717) is 0 Å². The Labute approximate surface area is 266 Å². The lowest BCUT2D eigenvalue weighted by molar-refractivity contribution is -0.678. The summed E-state index contributed by atoms with van der Waals surface area (Å²) >= 11 is 0. The second kappa shape index (κ2) is 31.6. The van der Waals surface area contributed by atoms with Crippen LogP contribution in [0.2, 0.25) is 0 Å². The zero-order valence-corrected chi connectivity index (χ0v) is 29.6. The highest BCUT2D eigenvalue weighted by atomic mass is 15.1. The number of aromatic nitrogens is 2. The van der Waals surface area contributed by atoms with Gasteiger partial charge in [-0.3, -0.25) is 0 Å². The van der Waals surface area contributed by atoms with Crippen LogP contribution >= 0.6 is 0 Å². The monoisotopic (exact) mass is 588 g/mol. The van der Waals surface area contributed by atoms with Gasteiger partial charge in [0, 0.05) is 6.42 Å². The van der Waals surface area contributed by atoms with Gasteiger partial charge in [-0.25, -0.2) is 9.13 Å². The van der Waals surface area contributed by atoms with Crippen molar-refractivity contribution in [2.75, 3.05) is 0 Å². The fourth-order valence-corrected chi connectivity index (χ4v) is 6.74. The molecule has 0 aliphatic carbocycles. The number of hydrogen-bond acceptors (Lipinski definition) is 0. The molecule has 0 radical (unpaired) electrons. The fraction of sp³-hybridized carbons (Fsp3) is 0.925. The molecule has 0 aromatic carbocycles. The average molecular weight is 588 g/mol. The summed E-state index contributed by atoms with van der Waals surface area (Å²) < 4.78 is 4.92. The maximum absolute atomic E-state index is 2.55. The number of imidazole rings is 1. The Balaban J connectivity index is 1.88. The average Bonchev–Trinajstić information content (AvgIpc) is 3.35. The molecule has 0 saturated heterocycles. The van der Waals surface area contributed by atoms with E-state index in [1.807, 2.05) is 0 Å². The second-order valence-corrected chi connectivity index (χ2v) is 13.9. The molecular weight excluding hydrogens is 508 g/mol. The van der Waals surface area contributed by atoms with Crippen LogP contribution in [-0.4, -0.2) is 4.57 Å². The van der Waals surface area contributed by atoms with Gasteiger partial charge in [0.25, 0.3) is 5.82 Å². The van der Waals surface area contributed by atoms with Crippen molar-refractivity contribution in [3.8, 4) is 0 Å². The van der Waals surface area contributed by atoms with Crippen molar-refractivity contribution in [1.82, 2.24) is 4.57 Å². The molecule has 0 spiro atoms. The summed E-state index contributed by atoms with van der Waals surface area (Å²) in [6.45, 7) is 5.83. The SMILES string of the molecule is CCCCCCCCCCCCCCCCCCCn1cc[n+](C)c1CCCCCCCCCCCCCCCCC. The largest absolute Gasteiger partial charge is 0.256 e. The Kier molecular flexibility index (Phi) is 29.5. The number of hydrogen-bond donors (Lipinski definition) is 0. The Morgan fingerprint density at radius 3 is 1.02 bits per heavy atom. The molecule has 0 bridgehead atoms. The van der Waals surface area contributed by atoms with Gasteiger partial charge in [0.15, 0.2) is 0 Å². The van der Waals surface area contributed by atoms with Crippen molar-refractivity contribution < 1.29 is 4.57 Å². The van der Waals surface area contributed by atoms with Crippen molar-refractivity contribution in [2.24, 2.45) is 7.05 Å². The van der Waals surface area contributed by atoms with Gasteiger partial charge in [-0.05, 0) is 19.3 Å². The molecule has 1 rings (SSSR count). The maximum Gasteiger partial charge on any atom is 0.256 e. The van der Waals surface area contributed by atoms with E-state index in [2.05, 4.69) is 42.4 Å². The van der Waals surface area contributed by atoms with Gasteiger partial charge in [0.05, 0.1) is 13.6 Å². The molecular formula is C40H79N2+. The Bertz CT molecular complexity index is 648. The molecule has 0 N–H and O–H groups in total. The van der Waals surface area contributed by atoms with Crippen LogP contribution in [0.1, 0.15) is 225 Å². The highest BCUT2D eigenvalue weighted by Gasteiger charge is 2.13. The van der Waals surface area contributed by atoms with Gasteiger partial charge in [0.2, 0.25) is 0 Å². The quantitative estimate of drug-likeness (QED) is 0.0560. The second-order valence-electron chi connectivity index (χ2n) is 13.9. The van der Waals surface area contributed by atoms with E-state index in [1.165, 1.54) is 218 Å². The molecule has 0 unspecified atom stereocenters. The van der Waals surface area contributed by atoms with Crippen LogP contribution in [0.4, 0.5) is 0 Å². The highest BCUT2D eigenvalue weighted by molar-refractivity contribution is 4.84. The summed E-state index contributed by atoms with van der Waals surface area (Å²) in [6.07, 6.45) is 52.1. The minimum atomic E-state index is 1.22. The predicted molar refractivity (Wildman–Crippen MR) is 188 cm³/mol. The molecule has 0 fully saturated rings. The third-order valence-electron chi connectivity index (χ3n) is 9.72. The van der Waals surface area contributed by atoms with E-state index in [4.69, 9.17) is 0 Å². The lowest BCUT2D eigenvalue weighted by Gasteiger charge is -2.05. The first-order valence-corrected chi connectivity index (χ1v) is 19.8. The topological polar surface area (TPSA) is 8.81 Å². The maximum atomic E-state index is 2.55. The van der Waals surface area contributed by atoms with Crippen LogP contribution in [0, 0.1) is 0 Å². The molecule has 2 nitrogen and oxygen atoms in total. The molecule has 42 heavy (non-hydrogen) atoms. The molecule has 0 aliphatic heterocycles. The van der Waals surface area contributed by atoms with Crippen molar-refractivity contribution in [3.05, 3.63) is 18.2 Å². The van der Waals surface area contributed by atoms with Gasteiger partial charge >= 0.3 is 0 Å². The Hall–Kier alpha value is -0.790. The van der Waals surface area contributed by atoms with Crippen LogP contribution in [0.15, 0.2) is 12.4 Å². The van der Waals surface area contributed by atoms with Gasteiger partial charge in [0.1, 0.15) is 12.4 Å². The zero-order chi connectivity index (χ0) is 30.2. The van der Waals surface area contributed by atoms with E-state index in [0.717, 1.165) is 0 Å². The van der Waals surface area contributed by atoms with E-state index in [1.54, 1.807) is 5.82 Å². The lowest BCUT2D eigenvalue weighted by Crippen LogP contribution is -2.32. The van der Waals surface area contributed by atoms with E-state index in [-0.39, 0.29) is 0 Å². The number of rotatable bonds is 34. The Morgan fingerprint density at radius 2 is 0.690 bits per heavy atom. The fourth-order valence-electron chi connectivity index (χ4n) is 6.74. The van der Waals surface area contributed by atoms with E-state index in [9.17, 15) is 0 Å². The molecule has 0 atom stereocenters.